The van der Waals surface area contributed by atoms with Crippen LogP contribution >= 0.6 is 11.6 Å². The van der Waals surface area contributed by atoms with E-state index >= 15 is 0 Å². The number of halogens is 1. The molecule has 0 radical (unpaired) electrons. The van der Waals surface area contributed by atoms with Gasteiger partial charge < -0.3 is 15.4 Å². The van der Waals surface area contributed by atoms with Gasteiger partial charge in [-0.15, -0.1) is 0 Å². The number of hydrogen-bond donors (Lipinski definition) is 2. The zero-order chi connectivity index (χ0) is 20.1. The average molecular weight is 394 g/mol. The summed E-state index contributed by atoms with van der Waals surface area (Å²) in [6.07, 6.45) is 0. The zero-order valence-electron chi connectivity index (χ0n) is 15.2. The predicted molar refractivity (Wildman–Crippen MR) is 107 cm³/mol. The highest BCUT2D eigenvalue weighted by molar-refractivity contribution is 6.33. The van der Waals surface area contributed by atoms with E-state index in [9.17, 15) is 10.1 Å². The first-order valence-electron chi connectivity index (χ1n) is 8.27. The van der Waals surface area contributed by atoms with Crippen molar-refractivity contribution in [3.8, 4) is 6.07 Å². The van der Waals surface area contributed by atoms with Crippen LogP contribution in [0.2, 0.25) is 5.02 Å². The van der Waals surface area contributed by atoms with Crippen molar-refractivity contribution in [1.29, 1.82) is 5.26 Å². The normalized spacial score (nSPS) is 10.1. The fourth-order valence-corrected chi connectivity index (χ4v) is 2.69. The molecule has 1 heterocycles. The van der Waals surface area contributed by atoms with Gasteiger partial charge in [-0.3, -0.25) is 0 Å². The molecule has 0 saturated carbocycles. The third-order valence-electron chi connectivity index (χ3n) is 3.80. The number of aromatic nitrogens is 2. The van der Waals surface area contributed by atoms with Gasteiger partial charge in [-0.2, -0.15) is 5.26 Å². The number of para-hydroxylation sites is 1. The van der Waals surface area contributed by atoms with Crippen molar-refractivity contribution < 1.29 is 9.53 Å². The fourth-order valence-electron chi connectivity index (χ4n) is 2.53. The molecule has 0 atom stereocenters. The fraction of sp³-hybridized carbons (Fsp3) is 0.100. The lowest BCUT2D eigenvalue weighted by Crippen LogP contribution is -2.04. The van der Waals surface area contributed by atoms with Gasteiger partial charge in [0.05, 0.1) is 34.6 Å². The number of nitrogens with one attached hydrogen (secondary N) is 2. The van der Waals surface area contributed by atoms with Crippen LogP contribution in [0.5, 0.6) is 0 Å². The Morgan fingerprint density at radius 2 is 1.75 bits per heavy atom. The number of nitriles is 1. The maximum absolute atomic E-state index is 11.7. The van der Waals surface area contributed by atoms with E-state index in [2.05, 4.69) is 26.7 Å². The van der Waals surface area contributed by atoms with E-state index in [1.807, 2.05) is 6.07 Å². The Balaban J connectivity index is 1.90. The number of aryl methyl sites for hydroxylation is 1. The van der Waals surface area contributed by atoms with Crippen LogP contribution in [0.25, 0.3) is 0 Å². The van der Waals surface area contributed by atoms with Gasteiger partial charge in [0.15, 0.2) is 0 Å². The van der Waals surface area contributed by atoms with Crippen LogP contribution in [0.4, 0.5) is 23.0 Å². The highest BCUT2D eigenvalue weighted by Gasteiger charge is 2.11. The highest BCUT2D eigenvalue weighted by atomic mass is 35.5. The SMILES string of the molecule is COC(=O)c1ccc(Cl)c(Nc2cc(Nc3ccccc3C#N)nc(C)n2)c1. The molecule has 0 aliphatic carbocycles. The van der Waals surface area contributed by atoms with Gasteiger partial charge in [-0.05, 0) is 37.3 Å². The number of benzene rings is 2. The van der Waals surface area contributed by atoms with E-state index in [4.69, 9.17) is 16.3 Å². The van der Waals surface area contributed by atoms with E-state index in [0.29, 0.717) is 45.0 Å². The summed E-state index contributed by atoms with van der Waals surface area (Å²) in [7, 11) is 1.31. The summed E-state index contributed by atoms with van der Waals surface area (Å²) in [6.45, 7) is 1.75. The molecule has 0 bridgehead atoms. The molecule has 1 aromatic heterocycles. The topological polar surface area (TPSA) is 99.9 Å². The number of rotatable bonds is 5. The number of ether oxygens (including phenoxy) is 1. The standard InChI is InChI=1S/C20H16ClN5O2/c1-12-23-18(25-16-6-4-3-5-14(16)11-22)10-19(24-12)26-17-9-13(20(27)28-2)7-8-15(17)21/h3-10H,1-2H3,(H2,23,24,25,26). The molecule has 3 rings (SSSR count). The van der Waals surface area contributed by atoms with Crippen molar-refractivity contribution in [2.75, 3.05) is 17.7 Å². The lowest BCUT2D eigenvalue weighted by molar-refractivity contribution is 0.0601. The van der Waals surface area contributed by atoms with E-state index in [0.717, 1.165) is 0 Å². The van der Waals surface area contributed by atoms with Crippen LogP contribution in [0.3, 0.4) is 0 Å². The molecule has 2 N–H and O–H groups in total. The Bertz CT molecular complexity index is 1080. The Labute approximate surface area is 167 Å². The van der Waals surface area contributed by atoms with E-state index in [1.165, 1.54) is 7.11 Å². The second kappa shape index (κ2) is 8.37. The summed E-state index contributed by atoms with van der Waals surface area (Å²) in [5.74, 6) is 1.04. The Hall–Kier alpha value is -3.63. The molecule has 8 heteroatoms. The number of carbonyl (C=O) groups is 1. The van der Waals surface area contributed by atoms with E-state index in [1.54, 1.807) is 49.4 Å². The summed E-state index contributed by atoms with van der Waals surface area (Å²) in [5, 5.41) is 15.9. The van der Waals surface area contributed by atoms with Crippen LogP contribution in [0.1, 0.15) is 21.7 Å². The predicted octanol–water partition coefficient (Wildman–Crippen LogP) is 4.58. The number of hydrogen-bond acceptors (Lipinski definition) is 7. The molecule has 140 valence electrons. The second-order valence-corrected chi connectivity index (χ2v) is 6.19. The van der Waals surface area contributed by atoms with Crippen LogP contribution < -0.4 is 10.6 Å². The summed E-state index contributed by atoms with van der Waals surface area (Å²) in [6, 6.07) is 15.7. The number of methoxy groups -OCH3 is 1. The van der Waals surface area contributed by atoms with Gasteiger partial charge in [0, 0.05) is 6.07 Å². The minimum atomic E-state index is -0.464. The monoisotopic (exact) mass is 393 g/mol. The summed E-state index contributed by atoms with van der Waals surface area (Å²) in [4.78, 5) is 20.4. The van der Waals surface area contributed by atoms with Gasteiger partial charge in [0.2, 0.25) is 0 Å². The largest absolute Gasteiger partial charge is 0.465 e. The van der Waals surface area contributed by atoms with Crippen LogP contribution in [-0.2, 0) is 4.74 Å². The molecule has 0 spiro atoms. The molecule has 28 heavy (non-hydrogen) atoms. The molecule has 2 aromatic carbocycles. The molecule has 0 unspecified atom stereocenters. The third-order valence-corrected chi connectivity index (χ3v) is 4.13. The lowest BCUT2D eigenvalue weighted by atomic mass is 10.2. The number of esters is 1. The number of nitrogens with zero attached hydrogens (tertiary/aromatic N) is 3. The van der Waals surface area contributed by atoms with Crippen LogP contribution in [0.15, 0.2) is 48.5 Å². The average Bonchev–Trinajstić information content (AvgIpc) is 2.69. The van der Waals surface area contributed by atoms with Crippen molar-refractivity contribution in [3.05, 3.63) is 70.5 Å². The van der Waals surface area contributed by atoms with Gasteiger partial charge in [0.1, 0.15) is 23.5 Å². The molecule has 7 nitrogen and oxygen atoms in total. The second-order valence-electron chi connectivity index (χ2n) is 5.78. The van der Waals surface area contributed by atoms with Crippen molar-refractivity contribution in [1.82, 2.24) is 9.97 Å². The smallest absolute Gasteiger partial charge is 0.337 e. The number of anilines is 4. The van der Waals surface area contributed by atoms with E-state index < -0.39 is 5.97 Å². The molecule has 0 saturated heterocycles. The summed E-state index contributed by atoms with van der Waals surface area (Å²) in [5.41, 5.74) is 2.01. The highest BCUT2D eigenvalue weighted by Crippen LogP contribution is 2.28. The molecular formula is C20H16ClN5O2. The van der Waals surface area contributed by atoms with Gasteiger partial charge in [-0.25, -0.2) is 14.8 Å². The summed E-state index contributed by atoms with van der Waals surface area (Å²) < 4.78 is 4.74. The molecule has 0 aliphatic rings. The molecule has 0 amide bonds. The quantitative estimate of drug-likeness (QED) is 0.611. The van der Waals surface area contributed by atoms with Crippen LogP contribution in [-0.4, -0.2) is 23.0 Å². The molecule has 0 fully saturated rings. The molecule has 3 aromatic rings. The zero-order valence-corrected chi connectivity index (χ0v) is 15.9. The summed E-state index contributed by atoms with van der Waals surface area (Å²) >= 11 is 6.23. The lowest BCUT2D eigenvalue weighted by Gasteiger charge is -2.12. The third kappa shape index (κ3) is 4.37. The first-order valence-corrected chi connectivity index (χ1v) is 8.64. The van der Waals surface area contributed by atoms with Crippen molar-refractivity contribution >= 4 is 40.6 Å². The Kier molecular flexibility index (Phi) is 5.72. The molecular weight excluding hydrogens is 378 g/mol. The van der Waals surface area contributed by atoms with Gasteiger partial charge in [-0.1, -0.05) is 23.7 Å². The van der Waals surface area contributed by atoms with Gasteiger partial charge in [0.25, 0.3) is 0 Å². The van der Waals surface area contributed by atoms with Crippen LogP contribution in [0, 0.1) is 18.3 Å². The van der Waals surface area contributed by atoms with Crippen molar-refractivity contribution in [3.63, 3.8) is 0 Å². The first kappa shape index (κ1) is 19.1. The van der Waals surface area contributed by atoms with Crippen molar-refractivity contribution in [2.24, 2.45) is 0 Å². The minimum Gasteiger partial charge on any atom is -0.465 e. The first-order chi connectivity index (χ1) is 13.5. The van der Waals surface area contributed by atoms with Gasteiger partial charge >= 0.3 is 5.97 Å². The number of carbonyl (C=O) groups excluding carboxylic acids is 1. The molecule has 0 aliphatic heterocycles. The minimum absolute atomic E-state index is 0.362. The van der Waals surface area contributed by atoms with E-state index in [-0.39, 0.29) is 0 Å². The maximum atomic E-state index is 11.7. The Morgan fingerprint density at radius 3 is 2.43 bits per heavy atom. The Morgan fingerprint density at radius 1 is 1.07 bits per heavy atom. The van der Waals surface area contributed by atoms with Crippen molar-refractivity contribution in [2.45, 2.75) is 6.92 Å². The maximum Gasteiger partial charge on any atom is 0.337 e.